The number of ether oxygens (including phenoxy) is 1. The largest absolute Gasteiger partial charge is 0.479 e. The van der Waals surface area contributed by atoms with Crippen molar-refractivity contribution in [1.82, 2.24) is 9.88 Å². The first kappa shape index (κ1) is 17.7. The summed E-state index contributed by atoms with van der Waals surface area (Å²) in [6.07, 6.45) is -0.105. The van der Waals surface area contributed by atoms with Gasteiger partial charge in [0.25, 0.3) is 5.91 Å². The summed E-state index contributed by atoms with van der Waals surface area (Å²) in [6.45, 7) is 6.63. The number of nitrogens with zero attached hydrogens (tertiary/aromatic N) is 2. The van der Waals surface area contributed by atoms with E-state index in [1.807, 2.05) is 13.8 Å². The first-order valence-electron chi connectivity index (χ1n) is 8.24. The molecule has 1 aromatic heterocycles. The summed E-state index contributed by atoms with van der Waals surface area (Å²) in [5, 5.41) is 0.138. The highest BCUT2D eigenvalue weighted by atomic mass is 35.5. The molecular weight excluding hydrogens is 347 g/mol. The number of oxazole rings is 1. The van der Waals surface area contributed by atoms with E-state index in [1.54, 1.807) is 11.8 Å². The van der Waals surface area contributed by atoms with E-state index in [-0.39, 0.29) is 22.6 Å². The van der Waals surface area contributed by atoms with Crippen LogP contribution in [0, 0.1) is 5.82 Å². The molecule has 1 aromatic carbocycles. The van der Waals surface area contributed by atoms with Gasteiger partial charge in [-0.3, -0.25) is 4.79 Å². The summed E-state index contributed by atoms with van der Waals surface area (Å²) >= 11 is 5.95. The van der Waals surface area contributed by atoms with Gasteiger partial charge in [0, 0.05) is 18.9 Å². The predicted molar refractivity (Wildman–Crippen MR) is 91.2 cm³/mol. The Labute approximate surface area is 150 Å². The summed E-state index contributed by atoms with van der Waals surface area (Å²) in [7, 11) is 0. The quantitative estimate of drug-likeness (QED) is 0.822. The molecule has 1 unspecified atom stereocenters. The van der Waals surface area contributed by atoms with Gasteiger partial charge in [-0.15, -0.1) is 0 Å². The van der Waals surface area contributed by atoms with Crippen LogP contribution < -0.4 is 4.74 Å². The van der Waals surface area contributed by atoms with Crippen molar-refractivity contribution in [3.8, 4) is 5.75 Å². The molecule has 0 saturated carbocycles. The fourth-order valence-electron chi connectivity index (χ4n) is 2.72. The first-order chi connectivity index (χ1) is 11.8. The molecule has 5 nitrogen and oxygen atoms in total. The smallest absolute Gasteiger partial charge is 0.263 e. The molecular formula is C18H20ClFN2O3. The molecule has 1 amide bonds. The van der Waals surface area contributed by atoms with Gasteiger partial charge < -0.3 is 14.1 Å². The number of fused-ring (bicyclic) bond motifs is 1. The molecule has 1 atom stereocenters. The number of carbonyl (C=O) groups is 1. The van der Waals surface area contributed by atoms with Crippen molar-refractivity contribution in [2.45, 2.75) is 45.8 Å². The summed E-state index contributed by atoms with van der Waals surface area (Å²) in [5.41, 5.74) is 0.801. The maximum absolute atomic E-state index is 13.1. The molecule has 0 radical (unpaired) electrons. The minimum Gasteiger partial charge on any atom is -0.479 e. The maximum Gasteiger partial charge on any atom is 0.263 e. The van der Waals surface area contributed by atoms with Gasteiger partial charge in [-0.1, -0.05) is 25.4 Å². The van der Waals surface area contributed by atoms with Crippen LogP contribution in [0.3, 0.4) is 0 Å². The van der Waals surface area contributed by atoms with Crippen molar-refractivity contribution in [2.75, 3.05) is 6.54 Å². The van der Waals surface area contributed by atoms with E-state index in [0.29, 0.717) is 25.4 Å². The van der Waals surface area contributed by atoms with Gasteiger partial charge in [-0.2, -0.15) is 0 Å². The Balaban J connectivity index is 1.68. The van der Waals surface area contributed by atoms with Crippen molar-refractivity contribution < 1.29 is 18.3 Å². The van der Waals surface area contributed by atoms with Gasteiger partial charge in [-0.05, 0) is 25.1 Å². The van der Waals surface area contributed by atoms with Crippen LogP contribution in [0.4, 0.5) is 4.39 Å². The Morgan fingerprint density at radius 1 is 1.40 bits per heavy atom. The summed E-state index contributed by atoms with van der Waals surface area (Å²) in [5.74, 6) is 1.42. The lowest BCUT2D eigenvalue weighted by Crippen LogP contribution is -2.43. The zero-order chi connectivity index (χ0) is 18.1. The van der Waals surface area contributed by atoms with Gasteiger partial charge in [-0.25, -0.2) is 9.37 Å². The average molecular weight is 367 g/mol. The van der Waals surface area contributed by atoms with Crippen LogP contribution in [0.1, 0.15) is 44.0 Å². The van der Waals surface area contributed by atoms with Crippen LogP contribution in [0.2, 0.25) is 5.02 Å². The number of hydrogen-bond donors (Lipinski definition) is 0. The average Bonchev–Trinajstić information content (AvgIpc) is 3.00. The van der Waals surface area contributed by atoms with Crippen molar-refractivity contribution >= 4 is 17.5 Å². The van der Waals surface area contributed by atoms with E-state index in [2.05, 4.69) is 4.98 Å². The molecule has 0 saturated heterocycles. The third-order valence-corrected chi connectivity index (χ3v) is 4.39. The minimum absolute atomic E-state index is 0.138. The van der Waals surface area contributed by atoms with E-state index in [9.17, 15) is 9.18 Å². The Morgan fingerprint density at radius 2 is 2.16 bits per heavy atom. The van der Waals surface area contributed by atoms with Gasteiger partial charge >= 0.3 is 0 Å². The molecule has 2 aromatic rings. The predicted octanol–water partition coefficient (Wildman–Crippen LogP) is 3.94. The van der Waals surface area contributed by atoms with E-state index < -0.39 is 11.9 Å². The second kappa shape index (κ2) is 7.04. The second-order valence-electron chi connectivity index (χ2n) is 6.42. The minimum atomic E-state index is -0.735. The number of halogens is 2. The van der Waals surface area contributed by atoms with E-state index >= 15 is 0 Å². The van der Waals surface area contributed by atoms with Gasteiger partial charge in [0.1, 0.15) is 23.0 Å². The molecule has 2 heterocycles. The van der Waals surface area contributed by atoms with Gasteiger partial charge in [0.2, 0.25) is 0 Å². The molecule has 7 heteroatoms. The highest BCUT2D eigenvalue weighted by Gasteiger charge is 2.29. The van der Waals surface area contributed by atoms with Crippen LogP contribution in [0.5, 0.6) is 5.75 Å². The lowest BCUT2D eigenvalue weighted by atomic mass is 10.1. The zero-order valence-electron chi connectivity index (χ0n) is 14.4. The first-order valence-corrected chi connectivity index (χ1v) is 8.62. The number of carbonyl (C=O) groups excluding carboxylic acids is 1. The number of amides is 1. The van der Waals surface area contributed by atoms with Crippen molar-refractivity contribution in [2.24, 2.45) is 0 Å². The molecule has 0 aliphatic carbocycles. The molecule has 0 fully saturated rings. The summed E-state index contributed by atoms with van der Waals surface area (Å²) in [6, 6.07) is 3.82. The number of rotatable bonds is 4. The third-order valence-electron chi connectivity index (χ3n) is 4.10. The highest BCUT2D eigenvalue weighted by molar-refractivity contribution is 6.32. The van der Waals surface area contributed by atoms with Crippen LogP contribution >= 0.6 is 11.6 Å². The number of aromatic nitrogens is 1. The molecule has 1 aliphatic rings. The fourth-order valence-corrected chi connectivity index (χ4v) is 2.93. The highest BCUT2D eigenvalue weighted by Crippen LogP contribution is 2.27. The van der Waals surface area contributed by atoms with E-state index in [4.69, 9.17) is 20.8 Å². The van der Waals surface area contributed by atoms with Crippen molar-refractivity contribution in [1.29, 1.82) is 0 Å². The topological polar surface area (TPSA) is 55.6 Å². The zero-order valence-corrected chi connectivity index (χ0v) is 15.1. The van der Waals surface area contributed by atoms with E-state index in [0.717, 1.165) is 17.5 Å². The molecule has 0 spiro atoms. The molecule has 134 valence electrons. The molecule has 25 heavy (non-hydrogen) atoms. The van der Waals surface area contributed by atoms with Crippen LogP contribution in [0.25, 0.3) is 0 Å². The maximum atomic E-state index is 13.1. The second-order valence-corrected chi connectivity index (χ2v) is 6.83. The lowest BCUT2D eigenvalue weighted by molar-refractivity contribution is -0.139. The molecule has 1 aliphatic heterocycles. The summed E-state index contributed by atoms with van der Waals surface area (Å²) in [4.78, 5) is 18.8. The van der Waals surface area contributed by atoms with Gasteiger partial charge in [0.05, 0.1) is 11.6 Å². The van der Waals surface area contributed by atoms with Crippen LogP contribution in [-0.2, 0) is 17.8 Å². The Bertz CT molecular complexity index is 791. The molecule has 0 bridgehead atoms. The van der Waals surface area contributed by atoms with E-state index in [1.165, 1.54) is 12.1 Å². The number of hydrogen-bond acceptors (Lipinski definition) is 4. The standard InChI is InChI=1S/C18H20ClFN2O3/c1-10(2)17-21-14-9-22(7-6-16(14)25-17)18(23)11(3)24-15-5-4-12(20)8-13(15)19/h4-5,8,10-11H,6-7,9H2,1-3H3. The van der Waals surface area contributed by atoms with Crippen LogP contribution in [-0.4, -0.2) is 28.4 Å². The Morgan fingerprint density at radius 3 is 2.84 bits per heavy atom. The Hall–Kier alpha value is -2.08. The van der Waals surface area contributed by atoms with Crippen molar-refractivity contribution in [3.05, 3.63) is 46.4 Å². The lowest BCUT2D eigenvalue weighted by Gasteiger charge is -2.28. The van der Waals surface area contributed by atoms with Crippen LogP contribution in [0.15, 0.2) is 22.6 Å². The SMILES string of the molecule is CC(Oc1ccc(F)cc1Cl)C(=O)N1CCc2oc(C(C)C)nc2C1. The van der Waals surface area contributed by atoms with Crippen molar-refractivity contribution in [3.63, 3.8) is 0 Å². The molecule has 0 N–H and O–H groups in total. The fraction of sp³-hybridized carbons (Fsp3) is 0.444. The summed E-state index contributed by atoms with van der Waals surface area (Å²) < 4.78 is 24.5. The number of benzene rings is 1. The Kier molecular flexibility index (Phi) is 4.99. The monoisotopic (exact) mass is 366 g/mol. The molecule has 3 rings (SSSR count). The normalized spacial score (nSPS) is 15.2. The third kappa shape index (κ3) is 3.79. The van der Waals surface area contributed by atoms with Gasteiger partial charge in [0.15, 0.2) is 12.0 Å².